The first-order valence-corrected chi connectivity index (χ1v) is 8.05. The Bertz CT molecular complexity index is 864. The van der Waals surface area contributed by atoms with Crippen molar-refractivity contribution in [3.63, 3.8) is 0 Å². The molecule has 0 N–H and O–H groups in total. The Hall–Kier alpha value is -2.77. The Balaban J connectivity index is 1.31. The van der Waals surface area contributed by atoms with Crippen LogP contribution in [0.5, 0.6) is 0 Å². The van der Waals surface area contributed by atoms with Crippen molar-refractivity contribution in [1.29, 1.82) is 0 Å². The summed E-state index contributed by atoms with van der Waals surface area (Å²) in [5.74, 6) is 2.69. The minimum atomic E-state index is -0.292. The van der Waals surface area contributed by atoms with Gasteiger partial charge in [0.05, 0.1) is 6.20 Å². The Labute approximate surface area is 137 Å². The maximum atomic E-state index is 13.0. The van der Waals surface area contributed by atoms with Gasteiger partial charge in [-0.25, -0.2) is 9.37 Å². The van der Waals surface area contributed by atoms with Crippen molar-refractivity contribution in [2.75, 3.05) is 36.0 Å². The largest absolute Gasteiger partial charge is 0.356 e. The van der Waals surface area contributed by atoms with Crippen molar-refractivity contribution in [2.24, 2.45) is 11.8 Å². The van der Waals surface area contributed by atoms with Crippen molar-refractivity contribution in [3.05, 3.63) is 42.6 Å². The second-order valence-electron chi connectivity index (χ2n) is 6.49. The third-order valence-electron chi connectivity index (χ3n) is 4.99. The predicted molar refractivity (Wildman–Crippen MR) is 86.4 cm³/mol. The minimum Gasteiger partial charge on any atom is -0.356 e. The number of anilines is 2. The Morgan fingerprint density at radius 1 is 0.917 bits per heavy atom. The summed E-state index contributed by atoms with van der Waals surface area (Å²) < 4.78 is 14.7. The fraction of sp³-hybridized carbons (Fsp3) is 0.375. The van der Waals surface area contributed by atoms with E-state index in [4.69, 9.17) is 0 Å². The van der Waals surface area contributed by atoms with Crippen LogP contribution in [0.4, 0.5) is 16.0 Å². The molecule has 2 fully saturated rings. The quantitative estimate of drug-likeness (QED) is 0.706. The van der Waals surface area contributed by atoms with E-state index in [0.29, 0.717) is 11.8 Å². The molecule has 2 atom stereocenters. The molecule has 0 saturated carbocycles. The van der Waals surface area contributed by atoms with Gasteiger partial charge in [-0.3, -0.25) is 0 Å². The average molecular weight is 325 g/mol. The second kappa shape index (κ2) is 5.12. The molecule has 2 saturated heterocycles. The molecule has 2 aliphatic heterocycles. The van der Waals surface area contributed by atoms with E-state index in [-0.39, 0.29) is 5.82 Å². The lowest BCUT2D eigenvalue weighted by Crippen LogP contribution is -2.29. The van der Waals surface area contributed by atoms with Gasteiger partial charge in [-0.2, -0.15) is 4.52 Å². The zero-order valence-corrected chi connectivity index (χ0v) is 13.0. The summed E-state index contributed by atoms with van der Waals surface area (Å²) in [6.07, 6.45) is 2.91. The molecule has 0 amide bonds. The molecule has 8 heteroatoms. The van der Waals surface area contributed by atoms with Gasteiger partial charge in [0.15, 0.2) is 5.65 Å². The summed E-state index contributed by atoms with van der Waals surface area (Å²) in [7, 11) is 0. The molecule has 3 aromatic heterocycles. The molecular formula is C16H16FN7. The van der Waals surface area contributed by atoms with E-state index in [0.717, 1.165) is 43.5 Å². The van der Waals surface area contributed by atoms with Crippen LogP contribution in [0.1, 0.15) is 0 Å². The smallest absolute Gasteiger partial charge is 0.177 e. The number of rotatable bonds is 2. The molecule has 7 nitrogen and oxygen atoms in total. The summed E-state index contributed by atoms with van der Waals surface area (Å²) in [4.78, 5) is 8.78. The molecule has 122 valence electrons. The lowest BCUT2D eigenvalue weighted by Gasteiger charge is -2.22. The maximum absolute atomic E-state index is 13.0. The van der Waals surface area contributed by atoms with Crippen LogP contribution in [0.2, 0.25) is 0 Å². The predicted octanol–water partition coefficient (Wildman–Crippen LogP) is 1.23. The van der Waals surface area contributed by atoms with Gasteiger partial charge >= 0.3 is 0 Å². The monoisotopic (exact) mass is 325 g/mol. The van der Waals surface area contributed by atoms with Crippen molar-refractivity contribution >= 4 is 17.3 Å². The molecule has 0 spiro atoms. The first-order chi connectivity index (χ1) is 11.8. The third-order valence-corrected chi connectivity index (χ3v) is 4.99. The molecule has 2 unspecified atom stereocenters. The van der Waals surface area contributed by atoms with Gasteiger partial charge < -0.3 is 9.80 Å². The SMILES string of the molecule is Fc1ccc(N2CC3CN(c4ccc5nncn5n4)CC3C2)nc1. The lowest BCUT2D eigenvalue weighted by atomic mass is 10.0. The molecule has 24 heavy (non-hydrogen) atoms. The fourth-order valence-electron chi connectivity index (χ4n) is 3.81. The molecule has 5 heterocycles. The number of aromatic nitrogens is 5. The van der Waals surface area contributed by atoms with Gasteiger partial charge in [0.2, 0.25) is 0 Å². The van der Waals surface area contributed by atoms with E-state index < -0.39 is 0 Å². The molecular weight excluding hydrogens is 309 g/mol. The maximum Gasteiger partial charge on any atom is 0.177 e. The number of fused-ring (bicyclic) bond motifs is 2. The molecule has 5 rings (SSSR count). The highest BCUT2D eigenvalue weighted by molar-refractivity contribution is 5.47. The van der Waals surface area contributed by atoms with Crippen LogP contribution in [0.3, 0.4) is 0 Å². The molecule has 0 radical (unpaired) electrons. The number of hydrogen-bond donors (Lipinski definition) is 0. The van der Waals surface area contributed by atoms with E-state index in [1.165, 1.54) is 12.3 Å². The standard InChI is InChI=1S/C16H16FN7/c17-13-1-2-14(18-5-13)22-6-11-8-23(9-12(11)7-22)16-4-3-15-20-19-10-24(15)21-16/h1-5,10-12H,6-9H2. The second-order valence-corrected chi connectivity index (χ2v) is 6.49. The van der Waals surface area contributed by atoms with Crippen LogP contribution in [0.15, 0.2) is 36.8 Å². The van der Waals surface area contributed by atoms with E-state index in [1.807, 2.05) is 12.1 Å². The van der Waals surface area contributed by atoms with E-state index in [1.54, 1.807) is 16.9 Å². The highest BCUT2D eigenvalue weighted by Gasteiger charge is 2.40. The van der Waals surface area contributed by atoms with E-state index in [2.05, 4.69) is 30.1 Å². The van der Waals surface area contributed by atoms with Crippen molar-refractivity contribution in [2.45, 2.75) is 0 Å². The number of pyridine rings is 1. The van der Waals surface area contributed by atoms with Gasteiger partial charge in [-0.15, -0.1) is 15.3 Å². The van der Waals surface area contributed by atoms with Gasteiger partial charge in [0.1, 0.15) is 23.8 Å². The number of hydrogen-bond acceptors (Lipinski definition) is 6. The van der Waals surface area contributed by atoms with E-state index in [9.17, 15) is 4.39 Å². The molecule has 3 aromatic rings. The van der Waals surface area contributed by atoms with Crippen molar-refractivity contribution in [1.82, 2.24) is 24.8 Å². The molecule has 2 aliphatic rings. The summed E-state index contributed by atoms with van der Waals surface area (Å²) in [6, 6.07) is 7.18. The lowest BCUT2D eigenvalue weighted by molar-refractivity contribution is 0.533. The van der Waals surface area contributed by atoms with Crippen LogP contribution in [-0.4, -0.2) is 51.0 Å². The topological polar surface area (TPSA) is 62.5 Å². The van der Waals surface area contributed by atoms with E-state index >= 15 is 0 Å². The summed E-state index contributed by atoms with van der Waals surface area (Å²) in [5.41, 5.74) is 0.756. The summed E-state index contributed by atoms with van der Waals surface area (Å²) in [5, 5.41) is 12.4. The fourth-order valence-corrected chi connectivity index (χ4v) is 3.81. The van der Waals surface area contributed by atoms with Gasteiger partial charge in [-0.05, 0) is 24.3 Å². The summed E-state index contributed by atoms with van der Waals surface area (Å²) >= 11 is 0. The Morgan fingerprint density at radius 2 is 1.62 bits per heavy atom. The zero-order valence-electron chi connectivity index (χ0n) is 13.0. The van der Waals surface area contributed by atoms with Gasteiger partial charge in [0.25, 0.3) is 0 Å². The van der Waals surface area contributed by atoms with Crippen LogP contribution < -0.4 is 9.80 Å². The van der Waals surface area contributed by atoms with Gasteiger partial charge in [-0.1, -0.05) is 0 Å². The highest BCUT2D eigenvalue weighted by atomic mass is 19.1. The Kier molecular flexibility index (Phi) is 2.91. The van der Waals surface area contributed by atoms with Crippen molar-refractivity contribution < 1.29 is 4.39 Å². The number of halogens is 1. The molecule has 0 aromatic carbocycles. The third kappa shape index (κ3) is 2.17. The van der Waals surface area contributed by atoms with Crippen LogP contribution in [0.25, 0.3) is 5.65 Å². The highest BCUT2D eigenvalue weighted by Crippen LogP contribution is 2.34. The van der Waals surface area contributed by atoms with Crippen LogP contribution in [-0.2, 0) is 0 Å². The normalized spacial score (nSPS) is 23.2. The van der Waals surface area contributed by atoms with Crippen LogP contribution >= 0.6 is 0 Å². The molecule has 0 bridgehead atoms. The average Bonchev–Trinajstić information content (AvgIpc) is 3.28. The van der Waals surface area contributed by atoms with Crippen LogP contribution in [0, 0.1) is 17.7 Å². The zero-order chi connectivity index (χ0) is 16.1. The minimum absolute atomic E-state index is 0.292. The summed E-state index contributed by atoms with van der Waals surface area (Å²) in [6.45, 7) is 3.86. The Morgan fingerprint density at radius 3 is 2.33 bits per heavy atom. The van der Waals surface area contributed by atoms with Gasteiger partial charge in [0, 0.05) is 38.0 Å². The molecule has 0 aliphatic carbocycles. The number of nitrogens with zero attached hydrogens (tertiary/aromatic N) is 7. The first kappa shape index (κ1) is 13.6. The first-order valence-electron chi connectivity index (χ1n) is 8.05. The van der Waals surface area contributed by atoms with Crippen molar-refractivity contribution in [3.8, 4) is 0 Å².